The smallest absolute Gasteiger partial charge is 0.226 e. The molecule has 0 spiro atoms. The predicted octanol–water partition coefficient (Wildman–Crippen LogP) is 4.80. The van der Waals surface area contributed by atoms with Gasteiger partial charge >= 0.3 is 0 Å². The summed E-state index contributed by atoms with van der Waals surface area (Å²) >= 11 is 1.46. The number of aromatic nitrogens is 1. The van der Waals surface area contributed by atoms with Crippen LogP contribution in [0.25, 0.3) is 10.6 Å². The third kappa shape index (κ3) is 4.76. The van der Waals surface area contributed by atoms with Crippen LogP contribution in [0.1, 0.15) is 30.5 Å². The quantitative estimate of drug-likeness (QED) is 0.651. The van der Waals surface area contributed by atoms with E-state index in [4.69, 9.17) is 0 Å². The minimum Gasteiger partial charge on any atom is -0.355 e. The molecule has 3 nitrogen and oxygen atoms in total. The Morgan fingerprint density at radius 1 is 1.15 bits per heavy atom. The highest BCUT2D eigenvalue weighted by molar-refractivity contribution is 7.13. The highest BCUT2D eigenvalue weighted by atomic mass is 32.1. The first-order valence-electron chi connectivity index (χ1n) is 8.67. The van der Waals surface area contributed by atoms with Gasteiger partial charge in [-0.15, -0.1) is 11.3 Å². The second-order valence-corrected chi connectivity index (χ2v) is 7.01. The van der Waals surface area contributed by atoms with Crippen LogP contribution in [0.4, 0.5) is 4.39 Å². The third-order valence-corrected chi connectivity index (χ3v) is 5.23. The van der Waals surface area contributed by atoms with Crippen molar-refractivity contribution in [2.75, 3.05) is 6.54 Å². The van der Waals surface area contributed by atoms with Gasteiger partial charge in [-0.2, -0.15) is 0 Å². The van der Waals surface area contributed by atoms with Gasteiger partial charge in [0.15, 0.2) is 0 Å². The van der Waals surface area contributed by atoms with Gasteiger partial charge in [0.05, 0.1) is 12.1 Å². The Morgan fingerprint density at radius 3 is 2.58 bits per heavy atom. The molecule has 1 amide bonds. The number of amides is 1. The third-order valence-electron chi connectivity index (χ3n) is 4.29. The molecule has 0 saturated carbocycles. The highest BCUT2D eigenvalue weighted by Gasteiger charge is 2.13. The number of carbonyl (C=O) groups excluding carboxylic acids is 1. The summed E-state index contributed by atoms with van der Waals surface area (Å²) in [7, 11) is 0. The molecule has 0 radical (unpaired) electrons. The van der Waals surface area contributed by atoms with E-state index < -0.39 is 0 Å². The van der Waals surface area contributed by atoms with Crippen LogP contribution in [0.3, 0.4) is 0 Å². The van der Waals surface area contributed by atoms with Gasteiger partial charge in [-0.05, 0) is 36.2 Å². The number of carbonyl (C=O) groups is 1. The molecule has 0 fully saturated rings. The van der Waals surface area contributed by atoms with Crippen molar-refractivity contribution < 1.29 is 9.18 Å². The molecular formula is C21H21FN2OS. The predicted molar refractivity (Wildman–Crippen MR) is 104 cm³/mol. The SMILES string of the molecule is CC[C@H](CNC(=O)Cc1csc(-c2ccc(F)cc2)n1)c1ccccc1. The molecule has 3 rings (SSSR count). The molecule has 5 heteroatoms. The van der Waals surface area contributed by atoms with E-state index in [1.807, 2.05) is 23.6 Å². The second-order valence-electron chi connectivity index (χ2n) is 6.15. The Labute approximate surface area is 156 Å². The molecule has 3 aromatic rings. The first kappa shape index (κ1) is 18.3. The zero-order chi connectivity index (χ0) is 18.4. The van der Waals surface area contributed by atoms with Crippen molar-refractivity contribution in [2.24, 2.45) is 0 Å². The summed E-state index contributed by atoms with van der Waals surface area (Å²) in [5.41, 5.74) is 2.83. The molecule has 2 aromatic carbocycles. The molecule has 1 atom stereocenters. The van der Waals surface area contributed by atoms with E-state index in [0.29, 0.717) is 12.5 Å². The Bertz CT molecular complexity index is 846. The molecule has 1 N–H and O–H groups in total. The van der Waals surface area contributed by atoms with Crippen LogP contribution in [-0.2, 0) is 11.2 Å². The maximum Gasteiger partial charge on any atom is 0.226 e. The lowest BCUT2D eigenvalue weighted by atomic mass is 9.96. The molecule has 0 aliphatic rings. The Morgan fingerprint density at radius 2 is 1.88 bits per heavy atom. The van der Waals surface area contributed by atoms with Crippen molar-refractivity contribution in [1.29, 1.82) is 0 Å². The van der Waals surface area contributed by atoms with Gasteiger partial charge in [-0.3, -0.25) is 4.79 Å². The average molecular weight is 368 g/mol. The molecule has 1 heterocycles. The summed E-state index contributed by atoms with van der Waals surface area (Å²) in [6.07, 6.45) is 1.22. The van der Waals surface area contributed by atoms with Gasteiger partial charge in [0, 0.05) is 23.4 Å². The number of nitrogens with zero attached hydrogens (tertiary/aromatic N) is 1. The summed E-state index contributed by atoms with van der Waals surface area (Å²) in [4.78, 5) is 16.7. The fraction of sp³-hybridized carbons (Fsp3) is 0.238. The summed E-state index contributed by atoms with van der Waals surface area (Å²) in [6, 6.07) is 16.4. The van der Waals surface area contributed by atoms with Gasteiger partial charge in [0.25, 0.3) is 0 Å². The largest absolute Gasteiger partial charge is 0.355 e. The van der Waals surface area contributed by atoms with Crippen molar-refractivity contribution in [2.45, 2.75) is 25.7 Å². The lowest BCUT2D eigenvalue weighted by molar-refractivity contribution is -0.120. The van der Waals surface area contributed by atoms with E-state index in [9.17, 15) is 9.18 Å². The topological polar surface area (TPSA) is 42.0 Å². The minimum atomic E-state index is -0.270. The van der Waals surface area contributed by atoms with Gasteiger partial charge in [-0.1, -0.05) is 37.3 Å². The van der Waals surface area contributed by atoms with Crippen molar-refractivity contribution in [3.05, 3.63) is 77.1 Å². The monoisotopic (exact) mass is 368 g/mol. The molecule has 0 saturated heterocycles. The summed E-state index contributed by atoms with van der Waals surface area (Å²) in [5.74, 6) is 0.00880. The maximum atomic E-state index is 13.0. The lowest BCUT2D eigenvalue weighted by Gasteiger charge is -2.16. The van der Waals surface area contributed by atoms with Crippen LogP contribution in [0.2, 0.25) is 0 Å². The van der Waals surface area contributed by atoms with Gasteiger partial charge in [0.1, 0.15) is 10.8 Å². The fourth-order valence-electron chi connectivity index (χ4n) is 2.80. The molecule has 134 valence electrons. The summed E-state index contributed by atoms with van der Waals surface area (Å²) in [6.45, 7) is 2.74. The lowest BCUT2D eigenvalue weighted by Crippen LogP contribution is -2.29. The van der Waals surface area contributed by atoms with Crippen molar-refractivity contribution in [3.8, 4) is 10.6 Å². The molecule has 0 aliphatic heterocycles. The number of benzene rings is 2. The number of halogens is 1. The molecule has 26 heavy (non-hydrogen) atoms. The number of thiazole rings is 1. The summed E-state index contributed by atoms with van der Waals surface area (Å²) < 4.78 is 13.0. The highest BCUT2D eigenvalue weighted by Crippen LogP contribution is 2.24. The average Bonchev–Trinajstić information content (AvgIpc) is 3.12. The number of rotatable bonds is 7. The van der Waals surface area contributed by atoms with Gasteiger partial charge < -0.3 is 5.32 Å². The molecule has 0 bridgehead atoms. The minimum absolute atomic E-state index is 0.0321. The van der Waals surface area contributed by atoms with Crippen LogP contribution in [0.5, 0.6) is 0 Å². The second kappa shape index (κ2) is 8.72. The van der Waals surface area contributed by atoms with E-state index in [-0.39, 0.29) is 18.1 Å². The van der Waals surface area contributed by atoms with Crippen molar-refractivity contribution in [3.63, 3.8) is 0 Å². The zero-order valence-corrected chi connectivity index (χ0v) is 15.4. The van der Waals surface area contributed by atoms with Crippen LogP contribution in [0.15, 0.2) is 60.0 Å². The summed E-state index contributed by atoms with van der Waals surface area (Å²) in [5, 5.41) is 5.69. The molecule has 1 aromatic heterocycles. The zero-order valence-electron chi connectivity index (χ0n) is 14.6. The van der Waals surface area contributed by atoms with Crippen molar-refractivity contribution >= 4 is 17.2 Å². The van der Waals surface area contributed by atoms with E-state index >= 15 is 0 Å². The van der Waals surface area contributed by atoms with Crippen LogP contribution in [-0.4, -0.2) is 17.4 Å². The molecule has 0 aliphatic carbocycles. The standard InChI is InChI=1S/C21H21FN2OS/c1-2-15(16-6-4-3-5-7-16)13-23-20(25)12-19-14-26-21(24-19)17-8-10-18(22)11-9-17/h3-11,14-15H,2,12-13H2,1H3,(H,23,25)/t15-/m1/s1. The van der Waals surface area contributed by atoms with E-state index in [0.717, 1.165) is 22.7 Å². The molecular weight excluding hydrogens is 347 g/mol. The first-order valence-corrected chi connectivity index (χ1v) is 9.55. The van der Waals surface area contributed by atoms with Crippen LogP contribution < -0.4 is 5.32 Å². The normalized spacial score (nSPS) is 11.9. The van der Waals surface area contributed by atoms with Gasteiger partial charge in [0.2, 0.25) is 5.91 Å². The van der Waals surface area contributed by atoms with E-state index in [2.05, 4.69) is 29.4 Å². The van der Waals surface area contributed by atoms with E-state index in [1.165, 1.54) is 29.0 Å². The van der Waals surface area contributed by atoms with Gasteiger partial charge in [-0.25, -0.2) is 9.37 Å². The molecule has 0 unspecified atom stereocenters. The Balaban J connectivity index is 1.56. The maximum absolute atomic E-state index is 13.0. The Hall–Kier alpha value is -2.53. The number of nitrogens with one attached hydrogen (secondary N) is 1. The number of hydrogen-bond acceptors (Lipinski definition) is 3. The Kier molecular flexibility index (Phi) is 6.12. The van der Waals surface area contributed by atoms with E-state index in [1.54, 1.807) is 12.1 Å². The van der Waals surface area contributed by atoms with Crippen molar-refractivity contribution in [1.82, 2.24) is 10.3 Å². The number of hydrogen-bond donors (Lipinski definition) is 1. The van der Waals surface area contributed by atoms with Crippen LogP contribution >= 0.6 is 11.3 Å². The first-order chi connectivity index (χ1) is 12.7. The fourth-order valence-corrected chi connectivity index (χ4v) is 3.63. The van der Waals surface area contributed by atoms with Crippen LogP contribution in [0, 0.1) is 5.82 Å².